The standard InChI is InChI=1S/C8H18.C7H16.3C6H14.C5H12.2C4H10.C3H8.C2H6.9CH4/c1-6(2)8(5)7(3)4;1-5-7(3,4)6-2;1-5-6(2,3)4;1-5(2)6(3)4;1-4-6(3)5-2;1-4-5(2)3;1-4(2)3;1-3-4-2;1-3-2;1-2;;;;;;;;;/h6-8H,1-5H3;5-6H2,1-4H3;5H2,1-4H3;5-6H,1-4H3;6H,4-5H2,1-3H3;5H,4H2,1-3H3;4H,1-3H3;3-4H2,1-2H3;3H2,1-2H3;1-2H3;9*1H4. The molecule has 0 aromatic heterocycles. The minimum absolute atomic E-state index is 0. The Bertz CT molecular complexity index is 440. The van der Waals surface area contributed by atoms with E-state index in [9.17, 15) is 0 Å². The van der Waals surface area contributed by atoms with Gasteiger partial charge < -0.3 is 0 Å². The average molecular weight is 880 g/mol. The monoisotopic (exact) mass is 879 g/mol. The van der Waals surface area contributed by atoms with Crippen LogP contribution in [0, 0.1) is 58.2 Å². The number of hydrogen-bond acceptors (Lipinski definition) is 0. The van der Waals surface area contributed by atoms with Crippen LogP contribution in [0.15, 0.2) is 0 Å². The van der Waals surface area contributed by atoms with Crippen LogP contribution in [0.25, 0.3) is 0 Å². The molecule has 0 amide bonds. The third-order valence-electron chi connectivity index (χ3n) is 9.12. The van der Waals surface area contributed by atoms with E-state index in [4.69, 9.17) is 0 Å². The van der Waals surface area contributed by atoms with Gasteiger partial charge in [-0.05, 0) is 58.2 Å². The van der Waals surface area contributed by atoms with E-state index < -0.39 is 0 Å². The van der Waals surface area contributed by atoms with Crippen LogP contribution < -0.4 is 0 Å². The minimum atomic E-state index is 0. The van der Waals surface area contributed by atoms with Crippen LogP contribution in [-0.2, 0) is 0 Å². The predicted octanol–water partition coefficient (Wildman–Crippen LogP) is 26.6. The molecular formula is C60H158. The van der Waals surface area contributed by atoms with Gasteiger partial charge >= 0.3 is 0 Å². The van der Waals surface area contributed by atoms with Gasteiger partial charge in [0.1, 0.15) is 0 Å². The summed E-state index contributed by atoms with van der Waals surface area (Å²) >= 11 is 0. The maximum absolute atomic E-state index is 2.31. The van der Waals surface area contributed by atoms with Crippen molar-refractivity contribution >= 4 is 0 Å². The number of rotatable bonds is 9. The van der Waals surface area contributed by atoms with Crippen LogP contribution in [0.3, 0.4) is 0 Å². The predicted molar refractivity (Wildman–Crippen MR) is 316 cm³/mol. The lowest BCUT2D eigenvalue weighted by Gasteiger charge is -2.18. The molecule has 0 saturated heterocycles. The average Bonchev–Trinajstić information content (AvgIpc) is 3.06. The Morgan fingerprint density at radius 2 is 0.500 bits per heavy atom. The second-order valence-electron chi connectivity index (χ2n) is 18.8. The van der Waals surface area contributed by atoms with Crippen molar-refractivity contribution in [3.8, 4) is 0 Å². The lowest BCUT2D eigenvalue weighted by atomic mass is 9.88. The van der Waals surface area contributed by atoms with E-state index in [0.29, 0.717) is 10.8 Å². The molecule has 0 rings (SSSR count). The van der Waals surface area contributed by atoms with Crippen LogP contribution in [-0.4, -0.2) is 0 Å². The molecule has 0 atom stereocenters. The molecule has 0 aliphatic carbocycles. The lowest BCUT2D eigenvalue weighted by molar-refractivity contribution is 0.316. The van der Waals surface area contributed by atoms with Gasteiger partial charge in [-0.15, -0.1) is 0 Å². The van der Waals surface area contributed by atoms with Crippen LogP contribution >= 0.6 is 0 Å². The second kappa shape index (κ2) is 98.0. The van der Waals surface area contributed by atoms with Gasteiger partial charge in [0.2, 0.25) is 0 Å². The maximum Gasteiger partial charge on any atom is -0.0359 e. The molecule has 0 heterocycles. The van der Waals surface area contributed by atoms with E-state index in [1.807, 2.05) is 13.8 Å². The van der Waals surface area contributed by atoms with Crippen molar-refractivity contribution in [2.75, 3.05) is 0 Å². The second-order valence-corrected chi connectivity index (χ2v) is 18.8. The molecule has 0 aliphatic heterocycles. The summed E-state index contributed by atoms with van der Waals surface area (Å²) in [6.07, 6.45) is 11.7. The first-order chi connectivity index (χ1) is 23.0. The van der Waals surface area contributed by atoms with E-state index >= 15 is 0 Å². The summed E-state index contributed by atoms with van der Waals surface area (Å²) in [6.45, 7) is 70.9. The Balaban J connectivity index is -0.0000000183. The van der Waals surface area contributed by atoms with Gasteiger partial charge in [0.25, 0.3) is 0 Å². The van der Waals surface area contributed by atoms with Crippen molar-refractivity contribution in [3.05, 3.63) is 0 Å². The van der Waals surface area contributed by atoms with Crippen molar-refractivity contribution in [1.82, 2.24) is 0 Å². The Kier molecular flexibility index (Phi) is 203. The zero-order valence-corrected chi connectivity index (χ0v) is 44.0. The molecule has 0 aromatic rings. The van der Waals surface area contributed by atoms with Crippen LogP contribution in [0.2, 0.25) is 0 Å². The fraction of sp³-hybridized carbons (Fsp3) is 1.00. The van der Waals surface area contributed by atoms with Gasteiger partial charge in [-0.1, -0.05) is 346 Å². The highest BCUT2D eigenvalue weighted by molar-refractivity contribution is 4.62. The molecule has 0 saturated carbocycles. The van der Waals surface area contributed by atoms with Gasteiger partial charge in [-0.2, -0.15) is 0 Å². The SMILES string of the molecule is C.C.C.C.C.C.C.C.C.CC.CC(C)C.CC(C)C(C)C.CC(C)C(C)C(C)C.CCC.CCC(C)(C)C.CCC(C)(C)CC.CCC(C)C.CCC(C)CC.CCCC. The minimum Gasteiger partial charge on any atom is -0.0776 e. The molecule has 0 radical (unpaired) electrons. The molecule has 0 heteroatoms. The summed E-state index contributed by atoms with van der Waals surface area (Å²) in [5, 5.41) is 0. The largest absolute Gasteiger partial charge is 0.0776 e. The summed E-state index contributed by atoms with van der Waals surface area (Å²) in [7, 11) is 0. The lowest BCUT2D eigenvalue weighted by Crippen LogP contribution is -2.10. The summed E-state index contributed by atoms with van der Waals surface area (Å²) in [5.41, 5.74) is 1.12. The highest BCUT2D eigenvalue weighted by Gasteiger charge is 2.10. The molecule has 0 unspecified atom stereocenters. The first-order valence-electron chi connectivity index (χ1n) is 23.0. The van der Waals surface area contributed by atoms with Crippen molar-refractivity contribution < 1.29 is 0 Å². The fourth-order valence-corrected chi connectivity index (χ4v) is 1.31. The summed E-state index contributed by atoms with van der Waals surface area (Å²) in [4.78, 5) is 0. The van der Waals surface area contributed by atoms with Gasteiger partial charge in [-0.3, -0.25) is 0 Å². The summed E-state index contributed by atoms with van der Waals surface area (Å²) in [6, 6.07) is 0. The Morgan fingerprint density at radius 3 is 0.500 bits per heavy atom. The third-order valence-corrected chi connectivity index (χ3v) is 9.12. The van der Waals surface area contributed by atoms with Crippen LogP contribution in [0.1, 0.15) is 346 Å². The maximum atomic E-state index is 2.31. The topological polar surface area (TPSA) is 0 Å². The van der Waals surface area contributed by atoms with Gasteiger partial charge in [0.15, 0.2) is 0 Å². The Morgan fingerprint density at radius 1 is 0.333 bits per heavy atom. The summed E-state index contributed by atoms with van der Waals surface area (Å²) in [5.74, 6) is 6.91. The van der Waals surface area contributed by atoms with Crippen molar-refractivity contribution in [2.24, 2.45) is 58.2 Å². The normalized spacial score (nSPS) is 8.60. The molecule has 0 N–H and O–H groups in total. The molecule has 0 aliphatic rings. The van der Waals surface area contributed by atoms with Gasteiger partial charge in [0, 0.05) is 0 Å². The first-order valence-corrected chi connectivity index (χ1v) is 23.0. The smallest absolute Gasteiger partial charge is 0.0359 e. The molecule has 0 aromatic carbocycles. The molecule has 60 heavy (non-hydrogen) atoms. The summed E-state index contributed by atoms with van der Waals surface area (Å²) < 4.78 is 0. The number of unbranched alkanes of at least 4 members (excludes halogenated alkanes) is 1. The Hall–Kier alpha value is 0. The molecule has 0 spiro atoms. The zero-order valence-electron chi connectivity index (χ0n) is 44.0. The van der Waals surface area contributed by atoms with Gasteiger partial charge in [0.05, 0.1) is 0 Å². The van der Waals surface area contributed by atoms with Gasteiger partial charge in [-0.25, -0.2) is 0 Å². The Labute approximate surface area is 402 Å². The molecule has 0 nitrogen and oxygen atoms in total. The van der Waals surface area contributed by atoms with Crippen LogP contribution in [0.5, 0.6) is 0 Å². The highest BCUT2D eigenvalue weighted by Crippen LogP contribution is 2.22. The quantitative estimate of drug-likeness (QED) is 0.216. The van der Waals surface area contributed by atoms with Crippen molar-refractivity contribution in [1.29, 1.82) is 0 Å². The first kappa shape index (κ1) is 124. The zero-order chi connectivity index (χ0) is 44.0. The number of hydrogen-bond donors (Lipinski definition) is 0. The van der Waals surface area contributed by atoms with Crippen molar-refractivity contribution in [3.63, 3.8) is 0 Å². The van der Waals surface area contributed by atoms with E-state index in [-0.39, 0.29) is 66.8 Å². The van der Waals surface area contributed by atoms with E-state index in [1.54, 1.807) is 0 Å². The highest BCUT2D eigenvalue weighted by atomic mass is 14.2. The van der Waals surface area contributed by atoms with Crippen molar-refractivity contribution in [2.45, 2.75) is 346 Å². The van der Waals surface area contributed by atoms with E-state index in [0.717, 1.165) is 47.3 Å². The fourth-order valence-electron chi connectivity index (χ4n) is 1.31. The van der Waals surface area contributed by atoms with Crippen LogP contribution in [0.4, 0.5) is 0 Å². The third kappa shape index (κ3) is 240. The van der Waals surface area contributed by atoms with E-state index in [1.165, 1.54) is 57.8 Å². The molecule has 398 valence electrons. The molecular weight excluding hydrogens is 721 g/mol. The molecule has 0 bridgehead atoms. The molecule has 0 fully saturated rings. The van der Waals surface area contributed by atoms with E-state index in [2.05, 4.69) is 208 Å².